The van der Waals surface area contributed by atoms with E-state index in [9.17, 15) is 9.59 Å². The van der Waals surface area contributed by atoms with Crippen LogP contribution in [-0.2, 0) is 0 Å². The number of rotatable bonds is 2. The highest BCUT2D eigenvalue weighted by Crippen LogP contribution is 2.22. The molecule has 1 aliphatic rings. The summed E-state index contributed by atoms with van der Waals surface area (Å²) in [6, 6.07) is 6.95. The quantitative estimate of drug-likeness (QED) is 0.737. The van der Waals surface area contributed by atoms with Gasteiger partial charge < -0.3 is 0 Å². The minimum atomic E-state index is -0.160. The van der Waals surface area contributed by atoms with Gasteiger partial charge in [-0.1, -0.05) is 40.3 Å². The van der Waals surface area contributed by atoms with Gasteiger partial charge in [-0.25, -0.2) is 0 Å². The Kier molecular flexibility index (Phi) is 6.18. The van der Waals surface area contributed by atoms with E-state index in [1.54, 1.807) is 24.3 Å². The largest absolute Gasteiger partial charge is 0.274 e. The van der Waals surface area contributed by atoms with E-state index in [4.69, 9.17) is 0 Å². The van der Waals surface area contributed by atoms with Crippen LogP contribution < -0.4 is 0 Å². The third-order valence-electron chi connectivity index (χ3n) is 2.33. The summed E-state index contributed by atoms with van der Waals surface area (Å²) in [6.07, 6.45) is 0.797. The van der Waals surface area contributed by atoms with Crippen LogP contribution >= 0.6 is 0 Å². The lowest BCUT2D eigenvalue weighted by molar-refractivity contribution is 0.0654. The summed E-state index contributed by atoms with van der Waals surface area (Å²) < 4.78 is 0. The molecule has 1 heterocycles. The van der Waals surface area contributed by atoms with E-state index in [-0.39, 0.29) is 19.2 Å². The molecule has 1 aromatic rings. The second-order valence-electron chi connectivity index (χ2n) is 3.31. The van der Waals surface area contributed by atoms with Gasteiger partial charge in [-0.2, -0.15) is 0 Å². The van der Waals surface area contributed by atoms with Crippen LogP contribution in [0.3, 0.4) is 0 Å². The van der Waals surface area contributed by atoms with Crippen LogP contribution in [0.5, 0.6) is 0 Å². The fourth-order valence-electron chi connectivity index (χ4n) is 1.67. The standard InChI is InChI=1S/C11H11NO2.C2H6.CH4/c1-2-7-12-10(13)8-5-3-4-6-9(8)11(12)14;1-2;/h3-6H,2,7H2,1H3;1-2H3;1H4. The molecule has 0 bridgehead atoms. The highest BCUT2D eigenvalue weighted by molar-refractivity contribution is 6.21. The first kappa shape index (κ1) is 15.4. The average molecular weight is 235 g/mol. The molecule has 3 heteroatoms. The molecule has 1 aliphatic heterocycles. The highest BCUT2D eigenvalue weighted by Gasteiger charge is 2.33. The Morgan fingerprint density at radius 1 is 1.00 bits per heavy atom. The third-order valence-corrected chi connectivity index (χ3v) is 2.33. The predicted octanol–water partition coefficient (Wildman–Crippen LogP) is 3.35. The second-order valence-corrected chi connectivity index (χ2v) is 3.31. The molecule has 1 aromatic carbocycles. The second kappa shape index (κ2) is 6.84. The zero-order chi connectivity index (χ0) is 12.1. The van der Waals surface area contributed by atoms with Crippen molar-refractivity contribution in [1.29, 1.82) is 0 Å². The molecule has 0 aromatic heterocycles. The smallest absolute Gasteiger partial charge is 0.261 e. The van der Waals surface area contributed by atoms with E-state index >= 15 is 0 Å². The Morgan fingerprint density at radius 3 is 1.76 bits per heavy atom. The van der Waals surface area contributed by atoms with Crippen LogP contribution in [-0.4, -0.2) is 23.3 Å². The van der Waals surface area contributed by atoms with Gasteiger partial charge in [0.1, 0.15) is 0 Å². The zero-order valence-corrected chi connectivity index (χ0v) is 9.99. The van der Waals surface area contributed by atoms with Crippen molar-refractivity contribution in [2.45, 2.75) is 34.6 Å². The number of carbonyl (C=O) groups is 2. The van der Waals surface area contributed by atoms with Crippen LogP contribution in [0.15, 0.2) is 24.3 Å². The van der Waals surface area contributed by atoms with E-state index in [1.807, 2.05) is 20.8 Å². The van der Waals surface area contributed by atoms with Crippen molar-refractivity contribution >= 4 is 11.8 Å². The number of fused-ring (bicyclic) bond motifs is 1. The first-order valence-corrected chi connectivity index (χ1v) is 5.71. The maximum absolute atomic E-state index is 11.7. The maximum Gasteiger partial charge on any atom is 0.261 e. The summed E-state index contributed by atoms with van der Waals surface area (Å²) in [7, 11) is 0. The summed E-state index contributed by atoms with van der Waals surface area (Å²) in [4.78, 5) is 24.7. The highest BCUT2D eigenvalue weighted by atomic mass is 16.2. The first-order valence-electron chi connectivity index (χ1n) is 5.71. The molecule has 0 saturated carbocycles. The van der Waals surface area contributed by atoms with Gasteiger partial charge in [0.15, 0.2) is 0 Å². The van der Waals surface area contributed by atoms with Crippen molar-refractivity contribution < 1.29 is 9.59 Å². The van der Waals surface area contributed by atoms with Gasteiger partial charge in [-0.15, -0.1) is 0 Å². The van der Waals surface area contributed by atoms with Gasteiger partial charge >= 0.3 is 0 Å². The number of amides is 2. The fourth-order valence-corrected chi connectivity index (χ4v) is 1.67. The van der Waals surface area contributed by atoms with Crippen molar-refractivity contribution in [2.75, 3.05) is 6.54 Å². The van der Waals surface area contributed by atoms with Gasteiger partial charge in [-0.05, 0) is 18.6 Å². The molecule has 0 unspecified atom stereocenters. The van der Waals surface area contributed by atoms with Crippen LogP contribution in [0, 0.1) is 0 Å². The summed E-state index contributed by atoms with van der Waals surface area (Å²) >= 11 is 0. The summed E-state index contributed by atoms with van der Waals surface area (Å²) in [6.45, 7) is 6.45. The Balaban J connectivity index is 0.000000811. The lowest BCUT2D eigenvalue weighted by Gasteiger charge is -2.11. The van der Waals surface area contributed by atoms with E-state index < -0.39 is 0 Å². The number of hydrogen-bond acceptors (Lipinski definition) is 2. The molecule has 0 N–H and O–H groups in total. The molecule has 0 aliphatic carbocycles. The van der Waals surface area contributed by atoms with Crippen molar-refractivity contribution in [3.63, 3.8) is 0 Å². The van der Waals surface area contributed by atoms with Gasteiger partial charge in [0, 0.05) is 6.54 Å². The van der Waals surface area contributed by atoms with Crippen molar-refractivity contribution in [2.24, 2.45) is 0 Å². The minimum Gasteiger partial charge on any atom is -0.274 e. The maximum atomic E-state index is 11.7. The van der Waals surface area contributed by atoms with Crippen LogP contribution in [0.2, 0.25) is 0 Å². The molecule has 0 spiro atoms. The topological polar surface area (TPSA) is 37.4 Å². The molecule has 0 saturated heterocycles. The predicted molar refractivity (Wildman–Crippen MR) is 70.2 cm³/mol. The molecular formula is C14H21NO2. The number of imide groups is 1. The monoisotopic (exact) mass is 235 g/mol. The average Bonchev–Trinajstić information content (AvgIpc) is 2.58. The van der Waals surface area contributed by atoms with Gasteiger partial charge in [0.05, 0.1) is 11.1 Å². The molecular weight excluding hydrogens is 214 g/mol. The first-order chi connectivity index (χ1) is 7.75. The molecule has 3 nitrogen and oxygen atoms in total. The summed E-state index contributed by atoms with van der Waals surface area (Å²) in [5.74, 6) is -0.320. The number of carbonyl (C=O) groups excluding carboxylic acids is 2. The van der Waals surface area contributed by atoms with E-state index in [1.165, 1.54) is 4.90 Å². The van der Waals surface area contributed by atoms with Crippen molar-refractivity contribution in [1.82, 2.24) is 4.90 Å². The lowest BCUT2D eigenvalue weighted by Crippen LogP contribution is -2.30. The van der Waals surface area contributed by atoms with Crippen LogP contribution in [0.4, 0.5) is 0 Å². The SMILES string of the molecule is C.CC.CCCN1C(=O)c2ccccc2C1=O. The number of benzene rings is 1. The Bertz CT molecular complexity index is 364. The molecule has 2 amide bonds. The summed E-state index contributed by atoms with van der Waals surface area (Å²) in [5.41, 5.74) is 1.07. The minimum absolute atomic E-state index is 0. The fraction of sp³-hybridized carbons (Fsp3) is 0.429. The Hall–Kier alpha value is -1.64. The van der Waals surface area contributed by atoms with Crippen LogP contribution in [0.25, 0.3) is 0 Å². The zero-order valence-electron chi connectivity index (χ0n) is 9.99. The number of nitrogens with zero attached hydrogens (tertiary/aromatic N) is 1. The molecule has 0 radical (unpaired) electrons. The molecule has 94 valence electrons. The normalized spacial score (nSPS) is 12.5. The van der Waals surface area contributed by atoms with E-state index in [2.05, 4.69) is 0 Å². The molecule has 0 atom stereocenters. The van der Waals surface area contributed by atoms with E-state index in [0.717, 1.165) is 6.42 Å². The molecule has 17 heavy (non-hydrogen) atoms. The summed E-state index contributed by atoms with van der Waals surface area (Å²) in [5, 5.41) is 0. The van der Waals surface area contributed by atoms with E-state index in [0.29, 0.717) is 17.7 Å². The van der Waals surface area contributed by atoms with Crippen molar-refractivity contribution in [3.05, 3.63) is 35.4 Å². The molecule has 0 fully saturated rings. The Morgan fingerprint density at radius 2 is 1.41 bits per heavy atom. The van der Waals surface area contributed by atoms with Crippen molar-refractivity contribution in [3.8, 4) is 0 Å². The van der Waals surface area contributed by atoms with Gasteiger partial charge in [0.25, 0.3) is 11.8 Å². The Labute approximate surface area is 103 Å². The lowest BCUT2D eigenvalue weighted by atomic mass is 10.1. The third kappa shape index (κ3) is 2.73. The van der Waals surface area contributed by atoms with Gasteiger partial charge in [0.2, 0.25) is 0 Å². The van der Waals surface area contributed by atoms with Gasteiger partial charge in [-0.3, -0.25) is 14.5 Å². The number of hydrogen-bond donors (Lipinski definition) is 0. The van der Waals surface area contributed by atoms with Crippen LogP contribution in [0.1, 0.15) is 55.3 Å². The molecule has 2 rings (SSSR count).